The molecule has 0 amide bonds. The molecule has 0 saturated heterocycles. The lowest BCUT2D eigenvalue weighted by atomic mass is 9.89. The molecule has 0 bridgehead atoms. The SMILES string of the molecule is COC(CNCc1c(C)nn(CCO)c1C)C(C)(C)C. The van der Waals surface area contributed by atoms with Crippen LogP contribution in [-0.4, -0.2) is 41.3 Å². The Hall–Kier alpha value is -0.910. The fraction of sp³-hybridized carbons (Fsp3) is 0.800. The third kappa shape index (κ3) is 4.30. The predicted octanol–water partition coefficient (Wildman–Crippen LogP) is 1.64. The molecule has 1 aromatic heterocycles. The van der Waals surface area contributed by atoms with Crippen molar-refractivity contribution in [1.82, 2.24) is 15.1 Å². The van der Waals surface area contributed by atoms with Crippen molar-refractivity contribution in [2.75, 3.05) is 20.3 Å². The summed E-state index contributed by atoms with van der Waals surface area (Å²) in [5.41, 5.74) is 3.47. The third-order valence-corrected chi connectivity index (χ3v) is 3.73. The molecule has 0 aromatic carbocycles. The van der Waals surface area contributed by atoms with Crippen LogP contribution >= 0.6 is 0 Å². The number of aryl methyl sites for hydroxylation is 1. The van der Waals surface area contributed by atoms with Crippen molar-refractivity contribution in [1.29, 1.82) is 0 Å². The Kier molecular flexibility index (Phi) is 6.17. The summed E-state index contributed by atoms with van der Waals surface area (Å²) in [7, 11) is 1.76. The van der Waals surface area contributed by atoms with Crippen LogP contribution in [0.25, 0.3) is 0 Å². The second kappa shape index (κ2) is 7.20. The van der Waals surface area contributed by atoms with Crippen molar-refractivity contribution < 1.29 is 9.84 Å². The largest absolute Gasteiger partial charge is 0.394 e. The average Bonchev–Trinajstić information content (AvgIpc) is 2.60. The number of methoxy groups -OCH3 is 1. The van der Waals surface area contributed by atoms with E-state index in [9.17, 15) is 0 Å². The Balaban J connectivity index is 2.62. The molecule has 0 aliphatic heterocycles. The van der Waals surface area contributed by atoms with Gasteiger partial charge in [-0.1, -0.05) is 20.8 Å². The van der Waals surface area contributed by atoms with E-state index in [1.54, 1.807) is 7.11 Å². The first kappa shape index (κ1) is 17.1. The van der Waals surface area contributed by atoms with Gasteiger partial charge in [-0.3, -0.25) is 4.68 Å². The number of aliphatic hydroxyl groups excluding tert-OH is 1. The maximum absolute atomic E-state index is 9.02. The lowest BCUT2D eigenvalue weighted by molar-refractivity contribution is 0.0173. The number of hydrogen-bond acceptors (Lipinski definition) is 4. The molecule has 1 aromatic rings. The standard InChI is InChI=1S/C15H29N3O2/c1-11-13(12(2)18(17-11)7-8-19)9-16-10-14(20-6)15(3,4)5/h14,16,19H,7-10H2,1-6H3. The maximum atomic E-state index is 9.02. The molecule has 1 atom stereocenters. The first-order valence-electron chi connectivity index (χ1n) is 7.18. The van der Waals surface area contributed by atoms with E-state index in [1.165, 1.54) is 5.56 Å². The van der Waals surface area contributed by atoms with E-state index in [2.05, 4.69) is 31.2 Å². The Morgan fingerprint density at radius 1 is 1.35 bits per heavy atom. The molecule has 5 heteroatoms. The summed E-state index contributed by atoms with van der Waals surface area (Å²) in [4.78, 5) is 0. The van der Waals surface area contributed by atoms with Gasteiger partial charge >= 0.3 is 0 Å². The van der Waals surface area contributed by atoms with Gasteiger partial charge in [-0.2, -0.15) is 5.10 Å². The Morgan fingerprint density at radius 2 is 2.00 bits per heavy atom. The maximum Gasteiger partial charge on any atom is 0.0743 e. The van der Waals surface area contributed by atoms with Crippen LogP contribution in [0.3, 0.4) is 0 Å². The molecule has 1 rings (SSSR count). The molecule has 0 spiro atoms. The Labute approximate surface area is 122 Å². The van der Waals surface area contributed by atoms with Crippen LogP contribution in [0, 0.1) is 19.3 Å². The smallest absolute Gasteiger partial charge is 0.0743 e. The quantitative estimate of drug-likeness (QED) is 0.799. The van der Waals surface area contributed by atoms with Gasteiger partial charge in [0.05, 0.1) is 24.9 Å². The zero-order chi connectivity index (χ0) is 15.3. The summed E-state index contributed by atoms with van der Waals surface area (Å²) in [6.45, 7) is 12.8. The molecule has 20 heavy (non-hydrogen) atoms. The zero-order valence-corrected chi connectivity index (χ0v) is 13.7. The number of aromatic nitrogens is 2. The number of ether oxygens (including phenoxy) is 1. The number of aliphatic hydroxyl groups is 1. The van der Waals surface area contributed by atoms with Gasteiger partial charge in [-0.25, -0.2) is 0 Å². The first-order chi connectivity index (χ1) is 9.31. The van der Waals surface area contributed by atoms with E-state index in [4.69, 9.17) is 9.84 Å². The summed E-state index contributed by atoms with van der Waals surface area (Å²) in [6.07, 6.45) is 0.176. The highest BCUT2D eigenvalue weighted by Crippen LogP contribution is 2.21. The number of nitrogens with zero attached hydrogens (tertiary/aromatic N) is 2. The van der Waals surface area contributed by atoms with Crippen molar-refractivity contribution in [2.45, 2.75) is 53.8 Å². The highest BCUT2D eigenvalue weighted by molar-refractivity contribution is 5.24. The van der Waals surface area contributed by atoms with Gasteiger partial charge in [0.15, 0.2) is 0 Å². The minimum Gasteiger partial charge on any atom is -0.394 e. The van der Waals surface area contributed by atoms with Crippen molar-refractivity contribution in [3.8, 4) is 0 Å². The first-order valence-corrected chi connectivity index (χ1v) is 7.18. The van der Waals surface area contributed by atoms with E-state index in [1.807, 2.05) is 18.5 Å². The van der Waals surface area contributed by atoms with E-state index in [0.29, 0.717) is 6.54 Å². The molecular weight excluding hydrogens is 254 g/mol. The molecule has 0 aliphatic carbocycles. The number of hydrogen-bond donors (Lipinski definition) is 2. The highest BCUT2D eigenvalue weighted by atomic mass is 16.5. The van der Waals surface area contributed by atoms with Crippen LogP contribution in [0.5, 0.6) is 0 Å². The molecular formula is C15H29N3O2. The summed E-state index contributed by atoms with van der Waals surface area (Å²) >= 11 is 0. The van der Waals surface area contributed by atoms with Crippen molar-refractivity contribution in [2.24, 2.45) is 5.41 Å². The lowest BCUT2D eigenvalue weighted by Crippen LogP contribution is -2.38. The van der Waals surface area contributed by atoms with Crippen LogP contribution < -0.4 is 5.32 Å². The monoisotopic (exact) mass is 283 g/mol. The number of rotatable bonds is 7. The number of nitrogens with one attached hydrogen (secondary N) is 1. The van der Waals surface area contributed by atoms with Gasteiger partial charge in [-0.05, 0) is 19.3 Å². The van der Waals surface area contributed by atoms with Crippen molar-refractivity contribution in [3.63, 3.8) is 0 Å². The summed E-state index contributed by atoms with van der Waals surface area (Å²) < 4.78 is 7.41. The zero-order valence-electron chi connectivity index (χ0n) is 13.7. The molecule has 5 nitrogen and oxygen atoms in total. The van der Waals surface area contributed by atoms with Crippen molar-refractivity contribution in [3.05, 3.63) is 17.0 Å². The highest BCUT2D eigenvalue weighted by Gasteiger charge is 2.24. The van der Waals surface area contributed by atoms with Gasteiger partial charge in [-0.15, -0.1) is 0 Å². The van der Waals surface area contributed by atoms with Gasteiger partial charge in [0.25, 0.3) is 0 Å². The summed E-state index contributed by atoms with van der Waals surface area (Å²) in [5.74, 6) is 0. The van der Waals surface area contributed by atoms with E-state index in [0.717, 1.165) is 24.5 Å². The van der Waals surface area contributed by atoms with Gasteiger partial charge in [0.2, 0.25) is 0 Å². The topological polar surface area (TPSA) is 59.3 Å². The Morgan fingerprint density at radius 3 is 2.50 bits per heavy atom. The molecule has 1 unspecified atom stereocenters. The minimum absolute atomic E-state index is 0.116. The summed E-state index contributed by atoms with van der Waals surface area (Å²) in [5, 5.41) is 16.9. The van der Waals surface area contributed by atoms with Gasteiger partial charge in [0, 0.05) is 31.5 Å². The second-order valence-electron chi connectivity index (χ2n) is 6.32. The van der Waals surface area contributed by atoms with Crippen LogP contribution in [0.1, 0.15) is 37.7 Å². The van der Waals surface area contributed by atoms with Crippen LogP contribution in [-0.2, 0) is 17.8 Å². The molecule has 116 valence electrons. The van der Waals surface area contributed by atoms with Crippen LogP contribution in [0.2, 0.25) is 0 Å². The fourth-order valence-electron chi connectivity index (χ4n) is 2.37. The molecule has 0 saturated carbocycles. The third-order valence-electron chi connectivity index (χ3n) is 3.73. The van der Waals surface area contributed by atoms with E-state index < -0.39 is 0 Å². The molecule has 1 heterocycles. The van der Waals surface area contributed by atoms with E-state index in [-0.39, 0.29) is 18.1 Å². The van der Waals surface area contributed by atoms with E-state index >= 15 is 0 Å². The van der Waals surface area contributed by atoms with Gasteiger partial charge < -0.3 is 15.2 Å². The minimum atomic E-state index is 0.116. The molecule has 2 N–H and O–H groups in total. The second-order valence-corrected chi connectivity index (χ2v) is 6.32. The average molecular weight is 283 g/mol. The van der Waals surface area contributed by atoms with Crippen molar-refractivity contribution >= 4 is 0 Å². The predicted molar refractivity (Wildman–Crippen MR) is 80.7 cm³/mol. The van der Waals surface area contributed by atoms with Crippen LogP contribution in [0.15, 0.2) is 0 Å². The molecule has 0 aliphatic rings. The summed E-state index contributed by atoms with van der Waals surface area (Å²) in [6, 6.07) is 0. The van der Waals surface area contributed by atoms with Gasteiger partial charge in [0.1, 0.15) is 0 Å². The van der Waals surface area contributed by atoms with Crippen LogP contribution in [0.4, 0.5) is 0 Å². The molecule has 0 radical (unpaired) electrons. The fourth-order valence-corrected chi connectivity index (χ4v) is 2.37. The Bertz CT molecular complexity index is 421. The lowest BCUT2D eigenvalue weighted by Gasteiger charge is -2.29. The normalized spacial score (nSPS) is 13.8. The molecule has 0 fully saturated rings.